The molecule has 0 saturated carbocycles. The average molecular weight is 503 g/mol. The molecule has 194 valence electrons. The van der Waals surface area contributed by atoms with E-state index in [9.17, 15) is 10.4 Å². The highest BCUT2D eigenvalue weighted by atomic mass is 28.3. The summed E-state index contributed by atoms with van der Waals surface area (Å²) in [4.78, 5) is 9.04. The smallest absolute Gasteiger partial charge is 0.319 e. The zero-order chi connectivity index (χ0) is 25.4. The number of nitrogens with one attached hydrogen (secondary N) is 1. The first-order chi connectivity index (χ1) is 16.7. The first kappa shape index (κ1) is 27.4. The van der Waals surface area contributed by atoms with Crippen LogP contribution in [0.5, 0.6) is 6.01 Å². The van der Waals surface area contributed by atoms with E-state index >= 15 is 0 Å². The van der Waals surface area contributed by atoms with E-state index in [0.717, 1.165) is 50.4 Å². The van der Waals surface area contributed by atoms with Gasteiger partial charge in [0.1, 0.15) is 29.5 Å². The van der Waals surface area contributed by atoms with Crippen LogP contribution in [0.4, 0.5) is 5.82 Å². The van der Waals surface area contributed by atoms with Crippen molar-refractivity contribution < 1.29 is 14.6 Å². The molecule has 2 aromatic heterocycles. The maximum absolute atomic E-state index is 10.9. The van der Waals surface area contributed by atoms with Crippen molar-refractivity contribution in [1.82, 2.24) is 19.9 Å². The molecule has 2 aromatic rings. The number of aliphatic hydroxyl groups excluding tert-OH is 1. The van der Waals surface area contributed by atoms with Crippen molar-refractivity contribution in [3.8, 4) is 12.1 Å². The third-order valence-electron chi connectivity index (χ3n) is 6.67. The molecule has 10 heteroatoms. The average Bonchev–Trinajstić information content (AvgIpc) is 3.13. The number of aromatic nitrogens is 3. The minimum atomic E-state index is -1.24. The van der Waals surface area contributed by atoms with Crippen LogP contribution in [0.2, 0.25) is 25.7 Å². The van der Waals surface area contributed by atoms with Crippen molar-refractivity contribution in [2.24, 2.45) is 5.92 Å². The Hall–Kier alpha value is -2.19. The quantitative estimate of drug-likeness (QED) is 0.279. The molecule has 9 nitrogen and oxygen atoms in total. The summed E-state index contributed by atoms with van der Waals surface area (Å²) in [5, 5.41) is 24.3. The summed E-state index contributed by atoms with van der Waals surface area (Å²) in [7, 11) is -1.24. The second-order valence-corrected chi connectivity index (χ2v) is 16.3. The maximum Gasteiger partial charge on any atom is 0.319 e. The summed E-state index contributed by atoms with van der Waals surface area (Å²) in [6, 6.07) is 3.61. The number of hydrogen-bond donors (Lipinski definition) is 3. The van der Waals surface area contributed by atoms with Gasteiger partial charge in [0.15, 0.2) is 5.82 Å². The Kier molecular flexibility index (Phi) is 9.92. The third kappa shape index (κ3) is 7.40. The second-order valence-electron chi connectivity index (χ2n) is 10.7. The van der Waals surface area contributed by atoms with E-state index in [4.69, 9.17) is 15.2 Å². The lowest BCUT2D eigenvalue weighted by Gasteiger charge is -2.27. The number of nitrogens with two attached hydrogens (primary N) is 1. The van der Waals surface area contributed by atoms with Gasteiger partial charge in [0.05, 0.1) is 12.7 Å². The number of nitrogens with zero attached hydrogens (tertiary/aromatic N) is 4. The molecular weight excluding hydrogens is 460 g/mol. The molecule has 0 aliphatic carbocycles. The molecule has 3 heterocycles. The summed E-state index contributed by atoms with van der Waals surface area (Å²) in [5.41, 5.74) is 8.84. The predicted octanol–water partition coefficient (Wildman–Crippen LogP) is 3.67. The van der Waals surface area contributed by atoms with Crippen LogP contribution in [-0.2, 0) is 17.9 Å². The van der Waals surface area contributed by atoms with Crippen molar-refractivity contribution in [2.45, 2.75) is 84.0 Å². The van der Waals surface area contributed by atoms with E-state index in [1.165, 1.54) is 0 Å². The van der Waals surface area contributed by atoms with Crippen molar-refractivity contribution in [3.63, 3.8) is 0 Å². The summed E-state index contributed by atoms with van der Waals surface area (Å²) in [6.45, 7) is 12.2. The lowest BCUT2D eigenvalue weighted by atomic mass is 9.89. The van der Waals surface area contributed by atoms with E-state index in [1.807, 2.05) is 0 Å². The number of ether oxygens (including phenoxy) is 2. The minimum Gasteiger partial charge on any atom is -0.463 e. The standard InChI is InChI=1S/C25H42N6O3Si/c1-5-6-13-34-25-29-22-19(7-8-21(32)18-9-11-28-12-10-18)20(16-26)31(23(22)24(27)30-25)17-33-14-15-35(2,3)4/h18,21,28,32H,5-15,17H2,1-4H3,(H2,27,29,30). The van der Waals surface area contributed by atoms with Gasteiger partial charge >= 0.3 is 6.01 Å². The number of hydrogen-bond acceptors (Lipinski definition) is 8. The van der Waals surface area contributed by atoms with Crippen LogP contribution in [0.15, 0.2) is 0 Å². The molecule has 35 heavy (non-hydrogen) atoms. The monoisotopic (exact) mass is 502 g/mol. The molecule has 3 rings (SSSR count). The van der Waals surface area contributed by atoms with E-state index in [2.05, 4.69) is 47.9 Å². The Bertz CT molecular complexity index is 1010. The number of unbranched alkanes of at least 4 members (excludes halogenated alkanes) is 1. The molecule has 4 N–H and O–H groups in total. The van der Waals surface area contributed by atoms with Gasteiger partial charge in [-0.3, -0.25) is 0 Å². The summed E-state index contributed by atoms with van der Waals surface area (Å²) < 4.78 is 13.5. The van der Waals surface area contributed by atoms with Gasteiger partial charge in [-0.15, -0.1) is 0 Å². The topological polar surface area (TPSA) is 131 Å². The van der Waals surface area contributed by atoms with Gasteiger partial charge in [-0.05, 0) is 57.2 Å². The summed E-state index contributed by atoms with van der Waals surface area (Å²) >= 11 is 0. The van der Waals surface area contributed by atoms with Gasteiger partial charge in [0.2, 0.25) is 0 Å². The van der Waals surface area contributed by atoms with Crippen LogP contribution in [-0.4, -0.2) is 60.1 Å². The molecule has 1 fully saturated rings. The molecule has 1 saturated heterocycles. The molecular formula is C25H42N6O3Si. The van der Waals surface area contributed by atoms with Crippen LogP contribution >= 0.6 is 0 Å². The van der Waals surface area contributed by atoms with Gasteiger partial charge in [-0.1, -0.05) is 33.0 Å². The molecule has 1 aliphatic heterocycles. The number of piperidine rings is 1. The Morgan fingerprint density at radius 2 is 2.00 bits per heavy atom. The Labute approximate surface area is 210 Å². The maximum atomic E-state index is 10.9. The number of rotatable bonds is 13. The molecule has 1 aliphatic rings. The highest BCUT2D eigenvalue weighted by Crippen LogP contribution is 2.32. The van der Waals surface area contributed by atoms with Gasteiger partial charge < -0.3 is 30.2 Å². The van der Waals surface area contributed by atoms with Gasteiger partial charge in [-0.25, -0.2) is 0 Å². The van der Waals surface area contributed by atoms with Crippen LogP contribution < -0.4 is 15.8 Å². The summed E-state index contributed by atoms with van der Waals surface area (Å²) in [5.74, 6) is 0.546. The third-order valence-corrected chi connectivity index (χ3v) is 8.38. The molecule has 1 unspecified atom stereocenters. The Balaban J connectivity index is 1.91. The number of aryl methyl sites for hydroxylation is 1. The highest BCUT2D eigenvalue weighted by Gasteiger charge is 2.26. The second kappa shape index (κ2) is 12.7. The van der Waals surface area contributed by atoms with Gasteiger partial charge in [0, 0.05) is 20.2 Å². The molecule has 0 radical (unpaired) electrons. The van der Waals surface area contributed by atoms with Crippen LogP contribution in [0.25, 0.3) is 11.0 Å². The largest absolute Gasteiger partial charge is 0.463 e. The van der Waals surface area contributed by atoms with E-state index in [1.54, 1.807) is 4.57 Å². The number of anilines is 1. The SMILES string of the molecule is CCCCOc1nc(N)c2c(n1)c(CCC(O)C1CCNCC1)c(C#N)n2COCC[Si](C)(C)C. The molecule has 0 amide bonds. The van der Waals surface area contributed by atoms with Crippen LogP contribution in [0.1, 0.15) is 50.3 Å². The lowest BCUT2D eigenvalue weighted by molar-refractivity contribution is 0.0811. The van der Waals surface area contributed by atoms with Crippen LogP contribution in [0, 0.1) is 17.2 Å². The van der Waals surface area contributed by atoms with Crippen LogP contribution in [0.3, 0.4) is 0 Å². The van der Waals surface area contributed by atoms with Crippen molar-refractivity contribution >= 4 is 24.9 Å². The summed E-state index contributed by atoms with van der Waals surface area (Å²) in [6.07, 6.45) is 4.48. The fourth-order valence-corrected chi connectivity index (χ4v) is 5.23. The highest BCUT2D eigenvalue weighted by molar-refractivity contribution is 6.76. The Morgan fingerprint density at radius 3 is 2.66 bits per heavy atom. The number of nitrogen functional groups attached to an aromatic ring is 1. The first-order valence-electron chi connectivity index (χ1n) is 12.9. The van der Waals surface area contributed by atoms with Gasteiger partial charge in [0.25, 0.3) is 0 Å². The molecule has 0 bridgehead atoms. The number of aliphatic hydroxyl groups is 1. The van der Waals surface area contributed by atoms with E-state index in [0.29, 0.717) is 42.8 Å². The zero-order valence-corrected chi connectivity index (χ0v) is 22.8. The molecule has 0 spiro atoms. The first-order valence-corrected chi connectivity index (χ1v) is 16.6. The lowest BCUT2D eigenvalue weighted by Crippen LogP contribution is -2.34. The fourth-order valence-electron chi connectivity index (χ4n) is 4.47. The molecule has 1 atom stereocenters. The van der Waals surface area contributed by atoms with Gasteiger partial charge in [-0.2, -0.15) is 15.2 Å². The fraction of sp³-hybridized carbons (Fsp3) is 0.720. The zero-order valence-electron chi connectivity index (χ0n) is 21.8. The van der Waals surface area contributed by atoms with Crippen molar-refractivity contribution in [3.05, 3.63) is 11.3 Å². The number of fused-ring (bicyclic) bond motifs is 1. The molecule has 0 aromatic carbocycles. The minimum absolute atomic E-state index is 0.213. The van der Waals surface area contributed by atoms with E-state index < -0.39 is 14.2 Å². The predicted molar refractivity (Wildman–Crippen MR) is 141 cm³/mol. The normalized spacial score (nSPS) is 15.9. The van der Waals surface area contributed by atoms with Crippen molar-refractivity contribution in [2.75, 3.05) is 32.0 Å². The number of nitriles is 1. The van der Waals surface area contributed by atoms with E-state index in [-0.39, 0.29) is 24.5 Å². The van der Waals surface area contributed by atoms with Crippen molar-refractivity contribution in [1.29, 1.82) is 5.26 Å². The Morgan fingerprint density at radius 1 is 1.26 bits per heavy atom.